The Balaban J connectivity index is 1.47. The van der Waals surface area contributed by atoms with E-state index in [2.05, 4.69) is 27.7 Å². The monoisotopic (exact) mass is 373 g/mol. The average Bonchev–Trinajstić information content (AvgIpc) is 3.05. The number of likely N-dealkylation sites (tertiary alicyclic amines) is 1. The Morgan fingerprint density at radius 1 is 1.22 bits per heavy atom. The zero-order valence-electron chi connectivity index (χ0n) is 15.3. The van der Waals surface area contributed by atoms with Crippen molar-refractivity contribution in [2.24, 2.45) is 0 Å². The van der Waals surface area contributed by atoms with Crippen LogP contribution >= 0.6 is 0 Å². The second-order valence-electron chi connectivity index (χ2n) is 6.89. The van der Waals surface area contributed by atoms with Gasteiger partial charge in [0.1, 0.15) is 12.4 Å². The van der Waals surface area contributed by atoms with E-state index in [4.69, 9.17) is 0 Å². The fourth-order valence-electron chi connectivity index (χ4n) is 3.11. The highest BCUT2D eigenvalue weighted by molar-refractivity contribution is 5.92. The summed E-state index contributed by atoms with van der Waals surface area (Å²) in [5, 5.41) is 9.79. The summed E-state index contributed by atoms with van der Waals surface area (Å²) in [4.78, 5) is 26.5. The van der Waals surface area contributed by atoms with Crippen molar-refractivity contribution < 1.29 is 14.0 Å². The van der Waals surface area contributed by atoms with E-state index in [1.54, 1.807) is 24.4 Å². The zero-order chi connectivity index (χ0) is 19.2. The molecule has 2 amide bonds. The number of halogens is 1. The third-order valence-corrected chi connectivity index (χ3v) is 4.62. The van der Waals surface area contributed by atoms with Crippen LogP contribution in [0, 0.1) is 5.82 Å². The van der Waals surface area contributed by atoms with Crippen molar-refractivity contribution in [3.8, 4) is 0 Å². The molecule has 3 rings (SSSR count). The lowest BCUT2D eigenvalue weighted by Crippen LogP contribution is -2.44. The van der Waals surface area contributed by atoms with Gasteiger partial charge in [0.05, 0.1) is 18.3 Å². The van der Waals surface area contributed by atoms with E-state index >= 15 is 0 Å². The number of hydrogen-bond donors (Lipinski definition) is 2. The first-order chi connectivity index (χ1) is 13.0. The summed E-state index contributed by atoms with van der Waals surface area (Å²) < 4.78 is 15.1. The number of carbonyl (C=O) groups excluding carboxylic acids is 2. The minimum Gasteiger partial charge on any atom is -0.352 e. The molecule has 2 heterocycles. The lowest BCUT2D eigenvalue weighted by atomic mass is 10.1. The molecule has 0 radical (unpaired) electrons. The van der Waals surface area contributed by atoms with Crippen molar-refractivity contribution in [2.45, 2.75) is 31.8 Å². The standard InChI is InChI=1S/C19H24FN5O2/c1-24-8-6-15(7-9-24)22-19(27)13-25-12-16(11-21-25)23-18(26)10-14-4-2-3-5-17(14)20/h2-5,11-12,15H,6-10,13H2,1H3,(H,22,27)(H,23,26). The molecule has 1 aromatic heterocycles. The van der Waals surface area contributed by atoms with Crippen LogP contribution in [-0.2, 0) is 22.6 Å². The predicted octanol–water partition coefficient (Wildman–Crippen LogP) is 1.41. The van der Waals surface area contributed by atoms with Gasteiger partial charge in [-0.15, -0.1) is 0 Å². The number of aromatic nitrogens is 2. The number of nitrogens with zero attached hydrogens (tertiary/aromatic N) is 3. The molecular weight excluding hydrogens is 349 g/mol. The van der Waals surface area contributed by atoms with Gasteiger partial charge in [0, 0.05) is 12.2 Å². The van der Waals surface area contributed by atoms with Crippen LogP contribution in [0.15, 0.2) is 36.7 Å². The normalized spacial score (nSPS) is 15.5. The van der Waals surface area contributed by atoms with E-state index in [0.29, 0.717) is 11.3 Å². The molecule has 0 spiro atoms. The highest BCUT2D eigenvalue weighted by atomic mass is 19.1. The van der Waals surface area contributed by atoms with Gasteiger partial charge in [-0.2, -0.15) is 5.10 Å². The quantitative estimate of drug-likeness (QED) is 0.803. The molecule has 2 aromatic rings. The van der Waals surface area contributed by atoms with Crippen molar-refractivity contribution in [3.63, 3.8) is 0 Å². The molecule has 144 valence electrons. The van der Waals surface area contributed by atoms with E-state index in [0.717, 1.165) is 25.9 Å². The maximum absolute atomic E-state index is 13.6. The maximum atomic E-state index is 13.6. The highest BCUT2D eigenvalue weighted by Gasteiger charge is 2.18. The van der Waals surface area contributed by atoms with Crippen molar-refractivity contribution in [1.29, 1.82) is 0 Å². The number of amides is 2. The average molecular weight is 373 g/mol. The third kappa shape index (κ3) is 5.62. The second kappa shape index (κ2) is 8.77. The molecular formula is C19H24FN5O2. The summed E-state index contributed by atoms with van der Waals surface area (Å²) in [6.07, 6.45) is 4.89. The van der Waals surface area contributed by atoms with E-state index in [9.17, 15) is 14.0 Å². The van der Waals surface area contributed by atoms with Gasteiger partial charge in [0.25, 0.3) is 0 Å². The number of piperidine rings is 1. The summed E-state index contributed by atoms with van der Waals surface area (Å²) in [6, 6.07) is 6.36. The molecule has 1 saturated heterocycles. The molecule has 1 aromatic carbocycles. The molecule has 8 heteroatoms. The van der Waals surface area contributed by atoms with Gasteiger partial charge in [-0.25, -0.2) is 4.39 Å². The van der Waals surface area contributed by atoms with Crippen LogP contribution in [0.2, 0.25) is 0 Å². The van der Waals surface area contributed by atoms with Gasteiger partial charge in [-0.3, -0.25) is 14.3 Å². The lowest BCUT2D eigenvalue weighted by molar-refractivity contribution is -0.122. The molecule has 0 saturated carbocycles. The van der Waals surface area contributed by atoms with Crippen molar-refractivity contribution in [2.75, 3.05) is 25.5 Å². The third-order valence-electron chi connectivity index (χ3n) is 4.62. The fourth-order valence-corrected chi connectivity index (χ4v) is 3.11. The van der Waals surface area contributed by atoms with E-state index in [1.165, 1.54) is 16.9 Å². The van der Waals surface area contributed by atoms with Gasteiger partial charge in [-0.05, 0) is 44.6 Å². The first-order valence-electron chi connectivity index (χ1n) is 9.03. The number of nitrogens with one attached hydrogen (secondary N) is 2. The SMILES string of the molecule is CN1CCC(NC(=O)Cn2cc(NC(=O)Cc3ccccc3F)cn2)CC1. The Bertz CT molecular complexity index is 799. The molecule has 0 unspecified atom stereocenters. The predicted molar refractivity (Wildman–Crippen MR) is 99.6 cm³/mol. The molecule has 27 heavy (non-hydrogen) atoms. The minimum absolute atomic E-state index is 0.0610. The first-order valence-corrected chi connectivity index (χ1v) is 9.03. The Morgan fingerprint density at radius 2 is 1.96 bits per heavy atom. The van der Waals surface area contributed by atoms with Gasteiger partial charge in [0.2, 0.25) is 11.8 Å². The smallest absolute Gasteiger partial charge is 0.241 e. The number of carbonyl (C=O) groups is 2. The van der Waals surface area contributed by atoms with Crippen LogP contribution in [0.1, 0.15) is 18.4 Å². The molecule has 2 N–H and O–H groups in total. The summed E-state index contributed by atoms with van der Waals surface area (Å²) in [5.41, 5.74) is 0.809. The van der Waals surface area contributed by atoms with E-state index in [1.807, 2.05) is 0 Å². The van der Waals surface area contributed by atoms with Crippen LogP contribution in [0.4, 0.5) is 10.1 Å². The molecule has 0 bridgehead atoms. The molecule has 7 nitrogen and oxygen atoms in total. The minimum atomic E-state index is -0.408. The maximum Gasteiger partial charge on any atom is 0.241 e. The van der Waals surface area contributed by atoms with Crippen molar-refractivity contribution >= 4 is 17.5 Å². The zero-order valence-corrected chi connectivity index (χ0v) is 15.3. The number of benzene rings is 1. The summed E-state index contributed by atoms with van der Waals surface area (Å²) >= 11 is 0. The summed E-state index contributed by atoms with van der Waals surface area (Å²) in [6.45, 7) is 2.05. The van der Waals surface area contributed by atoms with E-state index in [-0.39, 0.29) is 30.8 Å². The molecule has 0 aliphatic carbocycles. The fraction of sp³-hybridized carbons (Fsp3) is 0.421. The largest absolute Gasteiger partial charge is 0.352 e. The van der Waals surface area contributed by atoms with Crippen molar-refractivity contribution in [1.82, 2.24) is 20.0 Å². The number of hydrogen-bond acceptors (Lipinski definition) is 4. The van der Waals surface area contributed by atoms with Gasteiger partial charge >= 0.3 is 0 Å². The Hall–Kier alpha value is -2.74. The lowest BCUT2D eigenvalue weighted by Gasteiger charge is -2.29. The highest BCUT2D eigenvalue weighted by Crippen LogP contribution is 2.11. The molecule has 0 atom stereocenters. The Labute approximate surface area is 157 Å². The topological polar surface area (TPSA) is 79.3 Å². The van der Waals surface area contributed by atoms with Gasteiger partial charge < -0.3 is 15.5 Å². The Morgan fingerprint density at radius 3 is 2.70 bits per heavy atom. The molecule has 1 fully saturated rings. The van der Waals surface area contributed by atoms with Crippen LogP contribution in [0.25, 0.3) is 0 Å². The van der Waals surface area contributed by atoms with Crippen LogP contribution < -0.4 is 10.6 Å². The number of rotatable bonds is 6. The van der Waals surface area contributed by atoms with Crippen LogP contribution in [0.5, 0.6) is 0 Å². The van der Waals surface area contributed by atoms with Gasteiger partial charge in [-0.1, -0.05) is 18.2 Å². The van der Waals surface area contributed by atoms with Crippen LogP contribution in [-0.4, -0.2) is 52.7 Å². The summed E-state index contributed by atoms with van der Waals surface area (Å²) in [7, 11) is 2.07. The first kappa shape index (κ1) is 19.0. The molecule has 1 aliphatic rings. The van der Waals surface area contributed by atoms with E-state index < -0.39 is 5.82 Å². The summed E-state index contributed by atoms with van der Waals surface area (Å²) in [5.74, 6) is -0.846. The van der Waals surface area contributed by atoms with Crippen molar-refractivity contribution in [3.05, 3.63) is 48.0 Å². The number of anilines is 1. The Kier molecular flexibility index (Phi) is 6.18. The molecule has 1 aliphatic heterocycles. The van der Waals surface area contributed by atoms with Gasteiger partial charge in [0.15, 0.2) is 0 Å². The van der Waals surface area contributed by atoms with Crippen LogP contribution in [0.3, 0.4) is 0 Å². The second-order valence-corrected chi connectivity index (χ2v) is 6.89.